The molecule has 0 saturated heterocycles. The van der Waals surface area contributed by atoms with E-state index in [-0.39, 0.29) is 6.10 Å². The van der Waals surface area contributed by atoms with Crippen LogP contribution in [0.1, 0.15) is 18.7 Å². The van der Waals surface area contributed by atoms with Crippen LogP contribution in [0.4, 0.5) is 0 Å². The van der Waals surface area contributed by atoms with Gasteiger partial charge in [-0.25, -0.2) is 4.68 Å². The van der Waals surface area contributed by atoms with Crippen LogP contribution >= 0.6 is 23.2 Å². The highest BCUT2D eigenvalue weighted by molar-refractivity contribution is 6.35. The number of aromatic nitrogens is 3. The molecule has 4 rings (SSSR count). The van der Waals surface area contributed by atoms with Gasteiger partial charge in [-0.05, 0) is 36.6 Å². The van der Waals surface area contributed by atoms with Gasteiger partial charge in [0.2, 0.25) is 0 Å². The molecule has 0 spiro atoms. The molecule has 3 aromatic carbocycles. The predicted octanol–water partition coefficient (Wildman–Crippen LogP) is 5.87. The zero-order valence-electron chi connectivity index (χ0n) is 13.9. The maximum absolute atomic E-state index is 6.24. The highest BCUT2D eigenvalue weighted by Gasteiger charge is 2.15. The van der Waals surface area contributed by atoms with Gasteiger partial charge in [0.05, 0.1) is 16.9 Å². The van der Waals surface area contributed by atoms with E-state index in [9.17, 15) is 0 Å². The maximum atomic E-state index is 6.24. The minimum absolute atomic E-state index is 0.263. The molecule has 4 aromatic rings. The Balaban J connectivity index is 1.61. The lowest BCUT2D eigenvalue weighted by Gasteiger charge is -2.14. The zero-order valence-corrected chi connectivity index (χ0v) is 15.4. The number of nitrogens with zero attached hydrogens (tertiary/aromatic N) is 3. The molecule has 0 fully saturated rings. The van der Waals surface area contributed by atoms with Crippen LogP contribution in [-0.4, -0.2) is 15.0 Å². The van der Waals surface area contributed by atoms with Crippen molar-refractivity contribution < 1.29 is 4.74 Å². The third-order valence-corrected chi connectivity index (χ3v) is 4.68. The van der Waals surface area contributed by atoms with Gasteiger partial charge in [-0.3, -0.25) is 0 Å². The zero-order chi connectivity index (χ0) is 18.1. The number of benzene rings is 3. The normalized spacial score (nSPS) is 12.3. The van der Waals surface area contributed by atoms with Crippen molar-refractivity contribution in [3.63, 3.8) is 0 Å². The lowest BCUT2D eigenvalue weighted by molar-refractivity contribution is 0.224. The van der Waals surface area contributed by atoms with E-state index in [1.807, 2.05) is 43.5 Å². The number of fused-ring (bicyclic) bond motifs is 1. The molecule has 0 aliphatic rings. The van der Waals surface area contributed by atoms with Crippen molar-refractivity contribution in [2.45, 2.75) is 13.0 Å². The monoisotopic (exact) mass is 383 g/mol. The molecule has 0 radical (unpaired) electrons. The van der Waals surface area contributed by atoms with Crippen LogP contribution in [0.25, 0.3) is 16.5 Å². The summed E-state index contributed by atoms with van der Waals surface area (Å²) >= 11 is 12.2. The summed E-state index contributed by atoms with van der Waals surface area (Å²) in [5, 5.41) is 11.7. The van der Waals surface area contributed by atoms with E-state index in [0.29, 0.717) is 21.4 Å². The topological polar surface area (TPSA) is 39.9 Å². The fourth-order valence-electron chi connectivity index (χ4n) is 2.80. The molecule has 0 aliphatic heterocycles. The van der Waals surface area contributed by atoms with E-state index in [1.54, 1.807) is 22.9 Å². The van der Waals surface area contributed by atoms with E-state index < -0.39 is 0 Å². The van der Waals surface area contributed by atoms with Crippen molar-refractivity contribution in [2.24, 2.45) is 0 Å². The molecule has 0 aliphatic carbocycles. The summed E-state index contributed by atoms with van der Waals surface area (Å²) in [5.41, 5.74) is 1.43. The first-order chi connectivity index (χ1) is 12.6. The standard InChI is InChI=1S/C20H15Cl2N3O/c1-13(26-20-8-4-6-14-5-2-3-7-16(14)20)18-12-25(24-23-18)19-10-9-15(21)11-17(19)22/h2-13H,1H3. The van der Waals surface area contributed by atoms with Gasteiger partial charge in [0, 0.05) is 10.4 Å². The van der Waals surface area contributed by atoms with Gasteiger partial charge in [0.25, 0.3) is 0 Å². The Morgan fingerprint density at radius 3 is 2.65 bits per heavy atom. The van der Waals surface area contributed by atoms with E-state index >= 15 is 0 Å². The number of rotatable bonds is 4. The molecule has 0 saturated carbocycles. The summed E-state index contributed by atoms with van der Waals surface area (Å²) in [5.74, 6) is 0.815. The fourth-order valence-corrected chi connectivity index (χ4v) is 3.29. The van der Waals surface area contributed by atoms with Crippen molar-refractivity contribution in [1.29, 1.82) is 0 Å². The van der Waals surface area contributed by atoms with E-state index in [4.69, 9.17) is 27.9 Å². The predicted molar refractivity (Wildman–Crippen MR) is 104 cm³/mol. The minimum atomic E-state index is -0.263. The van der Waals surface area contributed by atoms with E-state index in [0.717, 1.165) is 16.5 Å². The van der Waals surface area contributed by atoms with Crippen molar-refractivity contribution in [2.75, 3.05) is 0 Å². The summed E-state index contributed by atoms with van der Waals surface area (Å²) in [6, 6.07) is 19.4. The summed E-state index contributed by atoms with van der Waals surface area (Å²) in [7, 11) is 0. The average Bonchev–Trinajstić information content (AvgIpc) is 3.12. The molecule has 1 unspecified atom stereocenters. The second kappa shape index (κ2) is 6.98. The van der Waals surface area contributed by atoms with Gasteiger partial charge in [-0.15, -0.1) is 5.10 Å². The molecule has 1 atom stereocenters. The molecule has 26 heavy (non-hydrogen) atoms. The Bertz CT molecular complexity index is 1070. The van der Waals surface area contributed by atoms with Gasteiger partial charge in [-0.1, -0.05) is 64.8 Å². The second-order valence-electron chi connectivity index (χ2n) is 5.92. The number of hydrogen-bond acceptors (Lipinski definition) is 3. The SMILES string of the molecule is CC(Oc1cccc2ccccc12)c1cn(-c2ccc(Cl)cc2Cl)nn1. The Hall–Kier alpha value is -2.56. The molecule has 6 heteroatoms. The maximum Gasteiger partial charge on any atom is 0.141 e. The van der Waals surface area contributed by atoms with E-state index in [1.165, 1.54) is 0 Å². The lowest BCUT2D eigenvalue weighted by Crippen LogP contribution is -2.04. The first-order valence-corrected chi connectivity index (χ1v) is 8.89. The first-order valence-electron chi connectivity index (χ1n) is 8.14. The van der Waals surface area contributed by atoms with Crippen LogP contribution in [-0.2, 0) is 0 Å². The van der Waals surface area contributed by atoms with Gasteiger partial charge in [0.15, 0.2) is 0 Å². The third kappa shape index (κ3) is 3.26. The Kier molecular flexibility index (Phi) is 4.53. The van der Waals surface area contributed by atoms with Crippen molar-refractivity contribution in [3.8, 4) is 11.4 Å². The Morgan fingerprint density at radius 2 is 1.81 bits per heavy atom. The lowest BCUT2D eigenvalue weighted by atomic mass is 10.1. The summed E-state index contributed by atoms with van der Waals surface area (Å²) in [6.45, 7) is 1.94. The molecule has 0 N–H and O–H groups in total. The second-order valence-corrected chi connectivity index (χ2v) is 6.76. The number of halogens is 2. The van der Waals surface area contributed by atoms with Crippen molar-refractivity contribution in [3.05, 3.63) is 82.6 Å². The molecule has 130 valence electrons. The van der Waals surface area contributed by atoms with Crippen LogP contribution in [0.5, 0.6) is 5.75 Å². The van der Waals surface area contributed by atoms with Crippen LogP contribution in [0.15, 0.2) is 66.9 Å². The molecule has 4 nitrogen and oxygen atoms in total. The Morgan fingerprint density at radius 1 is 1.00 bits per heavy atom. The van der Waals surface area contributed by atoms with Crippen molar-refractivity contribution >= 4 is 34.0 Å². The molecular formula is C20H15Cl2N3O. The van der Waals surface area contributed by atoms with Crippen LogP contribution in [0.3, 0.4) is 0 Å². The molecule has 0 bridgehead atoms. The molecule has 1 aromatic heterocycles. The smallest absolute Gasteiger partial charge is 0.141 e. The Labute approximate surface area is 160 Å². The third-order valence-electron chi connectivity index (χ3n) is 4.14. The summed E-state index contributed by atoms with van der Waals surface area (Å²) in [4.78, 5) is 0. The van der Waals surface area contributed by atoms with E-state index in [2.05, 4.69) is 22.4 Å². The van der Waals surface area contributed by atoms with Gasteiger partial charge in [0.1, 0.15) is 17.5 Å². The van der Waals surface area contributed by atoms with Gasteiger partial charge in [-0.2, -0.15) is 0 Å². The summed E-state index contributed by atoms with van der Waals surface area (Å²) < 4.78 is 7.76. The highest BCUT2D eigenvalue weighted by Crippen LogP contribution is 2.29. The van der Waals surface area contributed by atoms with Gasteiger partial charge < -0.3 is 4.74 Å². The largest absolute Gasteiger partial charge is 0.484 e. The summed E-state index contributed by atoms with van der Waals surface area (Å²) in [6.07, 6.45) is 1.55. The van der Waals surface area contributed by atoms with Crippen LogP contribution in [0.2, 0.25) is 10.0 Å². The van der Waals surface area contributed by atoms with Crippen molar-refractivity contribution in [1.82, 2.24) is 15.0 Å². The number of hydrogen-bond donors (Lipinski definition) is 0. The molecule has 0 amide bonds. The van der Waals surface area contributed by atoms with Gasteiger partial charge >= 0.3 is 0 Å². The minimum Gasteiger partial charge on any atom is -0.484 e. The molecule has 1 heterocycles. The quantitative estimate of drug-likeness (QED) is 0.442. The first kappa shape index (κ1) is 16.9. The van der Waals surface area contributed by atoms with Crippen LogP contribution in [0, 0.1) is 0 Å². The average molecular weight is 384 g/mol. The fraction of sp³-hybridized carbons (Fsp3) is 0.100. The van der Waals surface area contributed by atoms with Crippen LogP contribution < -0.4 is 4.74 Å². The molecular weight excluding hydrogens is 369 g/mol. The highest BCUT2D eigenvalue weighted by atomic mass is 35.5. The number of ether oxygens (including phenoxy) is 1.